The van der Waals surface area contributed by atoms with Gasteiger partial charge in [0.2, 0.25) is 5.91 Å². The van der Waals surface area contributed by atoms with Crippen molar-refractivity contribution in [3.63, 3.8) is 0 Å². The highest BCUT2D eigenvalue weighted by atomic mass is 79.9. The Morgan fingerprint density at radius 3 is 2.35 bits per heavy atom. The molecule has 0 heterocycles. The zero-order chi connectivity index (χ0) is 16.5. The van der Waals surface area contributed by atoms with E-state index in [1.807, 2.05) is 54.6 Å². The highest BCUT2D eigenvalue weighted by Crippen LogP contribution is 2.11. The summed E-state index contributed by atoms with van der Waals surface area (Å²) in [4.78, 5) is 23.3. The van der Waals surface area contributed by atoms with Gasteiger partial charge in [0.25, 0.3) is 0 Å². The second-order valence-corrected chi connectivity index (χ2v) is 5.97. The molecule has 0 fully saturated rings. The van der Waals surface area contributed by atoms with E-state index in [1.54, 1.807) is 0 Å². The number of benzene rings is 2. The molecule has 5 heteroatoms. The number of esters is 1. The Bertz CT molecular complexity index is 641. The van der Waals surface area contributed by atoms with Crippen LogP contribution in [0.4, 0.5) is 0 Å². The summed E-state index contributed by atoms with van der Waals surface area (Å²) >= 11 is 3.37. The van der Waals surface area contributed by atoms with Crippen LogP contribution in [0.3, 0.4) is 0 Å². The zero-order valence-electron chi connectivity index (χ0n) is 12.6. The van der Waals surface area contributed by atoms with Crippen molar-refractivity contribution in [3.05, 3.63) is 70.2 Å². The van der Waals surface area contributed by atoms with Gasteiger partial charge < -0.3 is 10.1 Å². The number of carbonyl (C=O) groups is 2. The topological polar surface area (TPSA) is 55.4 Å². The lowest BCUT2D eigenvalue weighted by molar-refractivity contribution is -0.145. The molecule has 0 aromatic heterocycles. The molecule has 0 saturated heterocycles. The number of ether oxygens (including phenoxy) is 1. The fraction of sp³-hybridized carbons (Fsp3) is 0.222. The van der Waals surface area contributed by atoms with Gasteiger partial charge in [-0.3, -0.25) is 9.59 Å². The van der Waals surface area contributed by atoms with Crippen molar-refractivity contribution in [2.75, 3.05) is 6.54 Å². The highest BCUT2D eigenvalue weighted by molar-refractivity contribution is 9.10. The fourth-order valence-corrected chi connectivity index (χ4v) is 2.22. The van der Waals surface area contributed by atoms with Crippen molar-refractivity contribution in [3.8, 4) is 0 Å². The monoisotopic (exact) mass is 375 g/mol. The van der Waals surface area contributed by atoms with Gasteiger partial charge in [-0.1, -0.05) is 58.4 Å². The van der Waals surface area contributed by atoms with Crippen LogP contribution >= 0.6 is 15.9 Å². The van der Waals surface area contributed by atoms with Crippen molar-refractivity contribution >= 4 is 27.8 Å². The molecule has 0 unspecified atom stereocenters. The lowest BCUT2D eigenvalue weighted by Crippen LogP contribution is -2.30. The third kappa shape index (κ3) is 6.65. The summed E-state index contributed by atoms with van der Waals surface area (Å²) in [6.07, 6.45) is 0.978. The number of amides is 1. The first-order valence-corrected chi connectivity index (χ1v) is 8.13. The summed E-state index contributed by atoms with van der Waals surface area (Å²) in [6.45, 7) is 0.112. The maximum absolute atomic E-state index is 11.7. The van der Waals surface area contributed by atoms with Gasteiger partial charge in [-0.2, -0.15) is 0 Å². The van der Waals surface area contributed by atoms with Gasteiger partial charge >= 0.3 is 5.97 Å². The Labute approximate surface area is 144 Å². The predicted molar refractivity (Wildman–Crippen MR) is 91.7 cm³/mol. The van der Waals surface area contributed by atoms with Gasteiger partial charge in [0, 0.05) is 10.9 Å². The molecule has 0 saturated carbocycles. The highest BCUT2D eigenvalue weighted by Gasteiger charge is 2.07. The van der Waals surface area contributed by atoms with Crippen molar-refractivity contribution in [1.29, 1.82) is 0 Å². The molecule has 0 atom stereocenters. The number of rotatable bonds is 7. The van der Waals surface area contributed by atoms with Crippen molar-refractivity contribution in [2.45, 2.75) is 19.4 Å². The van der Waals surface area contributed by atoms with Crippen LogP contribution in [0.5, 0.6) is 0 Å². The SMILES string of the molecule is O=C(CCc1ccc(Br)cc1)NCC(=O)OCc1ccccc1. The first kappa shape index (κ1) is 17.2. The normalized spacial score (nSPS) is 10.1. The van der Waals surface area contributed by atoms with Gasteiger partial charge in [-0.05, 0) is 29.7 Å². The van der Waals surface area contributed by atoms with E-state index in [9.17, 15) is 9.59 Å². The summed E-state index contributed by atoms with van der Waals surface area (Å²) in [6, 6.07) is 17.2. The van der Waals surface area contributed by atoms with Gasteiger partial charge in [-0.15, -0.1) is 0 Å². The number of hydrogen-bond donors (Lipinski definition) is 1. The van der Waals surface area contributed by atoms with Crippen LogP contribution in [0, 0.1) is 0 Å². The summed E-state index contributed by atoms with van der Waals surface area (Å²) in [5, 5.41) is 2.58. The molecular weight excluding hydrogens is 358 g/mol. The minimum absolute atomic E-state index is 0.105. The van der Waals surface area contributed by atoms with E-state index in [-0.39, 0.29) is 19.1 Å². The Kier molecular flexibility index (Phi) is 6.81. The van der Waals surface area contributed by atoms with Crippen LogP contribution in [-0.4, -0.2) is 18.4 Å². The third-order valence-electron chi connectivity index (χ3n) is 3.23. The van der Waals surface area contributed by atoms with Gasteiger partial charge in [-0.25, -0.2) is 0 Å². The average Bonchev–Trinajstić information content (AvgIpc) is 2.58. The van der Waals surface area contributed by atoms with E-state index < -0.39 is 5.97 Å². The van der Waals surface area contributed by atoms with Crippen LogP contribution in [0.25, 0.3) is 0 Å². The second kappa shape index (κ2) is 9.10. The van der Waals surface area contributed by atoms with E-state index >= 15 is 0 Å². The predicted octanol–water partition coefficient (Wildman–Crippen LogP) is 3.24. The molecule has 1 amide bonds. The molecule has 0 bridgehead atoms. The minimum atomic E-state index is -0.439. The summed E-state index contributed by atoms with van der Waals surface area (Å²) in [5.41, 5.74) is 2.00. The standard InChI is InChI=1S/C18H18BrNO3/c19-16-9-6-14(7-10-16)8-11-17(21)20-12-18(22)23-13-15-4-2-1-3-5-15/h1-7,9-10H,8,11-13H2,(H,20,21). The van der Waals surface area contributed by atoms with Crippen molar-refractivity contribution in [1.82, 2.24) is 5.32 Å². The molecule has 1 N–H and O–H groups in total. The Balaban J connectivity index is 1.63. The first-order valence-electron chi connectivity index (χ1n) is 7.34. The maximum atomic E-state index is 11.7. The first-order chi connectivity index (χ1) is 11.1. The molecule has 23 heavy (non-hydrogen) atoms. The Hall–Kier alpha value is -2.14. The minimum Gasteiger partial charge on any atom is -0.460 e. The van der Waals surface area contributed by atoms with Crippen LogP contribution in [0.15, 0.2) is 59.1 Å². The Morgan fingerprint density at radius 2 is 1.65 bits per heavy atom. The molecule has 0 aliphatic carbocycles. The van der Waals surface area contributed by atoms with Crippen LogP contribution in [-0.2, 0) is 27.4 Å². The number of halogens is 1. The molecule has 4 nitrogen and oxygen atoms in total. The quantitative estimate of drug-likeness (QED) is 0.755. The van der Waals surface area contributed by atoms with Crippen LogP contribution < -0.4 is 5.32 Å². The van der Waals surface area contributed by atoms with Gasteiger partial charge in [0.1, 0.15) is 13.2 Å². The van der Waals surface area contributed by atoms with Gasteiger partial charge in [0.15, 0.2) is 0 Å². The van der Waals surface area contributed by atoms with Crippen LogP contribution in [0.2, 0.25) is 0 Å². The molecule has 2 aromatic rings. The number of aryl methyl sites for hydroxylation is 1. The second-order valence-electron chi connectivity index (χ2n) is 5.05. The lowest BCUT2D eigenvalue weighted by Gasteiger charge is -2.07. The lowest BCUT2D eigenvalue weighted by atomic mass is 10.1. The maximum Gasteiger partial charge on any atom is 0.325 e. The smallest absolute Gasteiger partial charge is 0.325 e. The van der Waals surface area contributed by atoms with E-state index in [2.05, 4.69) is 21.2 Å². The molecule has 0 aliphatic heterocycles. The third-order valence-corrected chi connectivity index (χ3v) is 3.76. The van der Waals surface area contributed by atoms with E-state index in [0.717, 1.165) is 15.6 Å². The molecule has 0 spiro atoms. The molecule has 0 aliphatic rings. The average molecular weight is 376 g/mol. The zero-order valence-corrected chi connectivity index (χ0v) is 14.2. The molecule has 0 radical (unpaired) electrons. The van der Waals surface area contributed by atoms with Crippen molar-refractivity contribution in [2.24, 2.45) is 0 Å². The summed E-state index contributed by atoms with van der Waals surface area (Å²) in [5.74, 6) is -0.601. The van der Waals surface area contributed by atoms with E-state index in [4.69, 9.17) is 4.74 Å². The molecule has 120 valence electrons. The van der Waals surface area contributed by atoms with Crippen molar-refractivity contribution < 1.29 is 14.3 Å². The van der Waals surface area contributed by atoms with Gasteiger partial charge in [0.05, 0.1) is 0 Å². The number of carbonyl (C=O) groups excluding carboxylic acids is 2. The van der Waals surface area contributed by atoms with E-state index in [1.165, 1.54) is 0 Å². The summed E-state index contributed by atoms with van der Waals surface area (Å²) < 4.78 is 6.10. The van der Waals surface area contributed by atoms with E-state index in [0.29, 0.717) is 12.8 Å². The van der Waals surface area contributed by atoms with Crippen LogP contribution in [0.1, 0.15) is 17.5 Å². The molecule has 2 aromatic carbocycles. The fourth-order valence-electron chi connectivity index (χ4n) is 1.96. The number of hydrogen-bond acceptors (Lipinski definition) is 3. The summed E-state index contributed by atoms with van der Waals surface area (Å²) in [7, 11) is 0. The Morgan fingerprint density at radius 1 is 0.957 bits per heavy atom. The largest absolute Gasteiger partial charge is 0.460 e. The molecular formula is C18H18BrNO3. The molecule has 2 rings (SSSR count). The number of nitrogens with one attached hydrogen (secondary N) is 1.